The smallest absolute Gasteiger partial charge is 0.289 e. The van der Waals surface area contributed by atoms with Gasteiger partial charge < -0.3 is 14.5 Å². The first-order chi connectivity index (χ1) is 11.4. The van der Waals surface area contributed by atoms with E-state index in [2.05, 4.69) is 24.1 Å². The van der Waals surface area contributed by atoms with E-state index in [-0.39, 0.29) is 17.5 Å². The Balaban J connectivity index is 1.93. The van der Waals surface area contributed by atoms with Crippen molar-refractivity contribution in [3.8, 4) is 5.75 Å². The van der Waals surface area contributed by atoms with Crippen LogP contribution in [0.15, 0.2) is 22.6 Å². The fourth-order valence-electron chi connectivity index (χ4n) is 2.35. The molecule has 1 aromatic carbocycles. The highest BCUT2D eigenvalue weighted by Gasteiger charge is 2.17. The minimum atomic E-state index is -0.348. The van der Waals surface area contributed by atoms with Crippen molar-refractivity contribution in [3.63, 3.8) is 0 Å². The molecule has 0 saturated heterocycles. The van der Waals surface area contributed by atoms with Gasteiger partial charge >= 0.3 is 0 Å². The number of benzene rings is 1. The fourth-order valence-corrected chi connectivity index (χ4v) is 2.35. The molecule has 0 aliphatic rings. The van der Waals surface area contributed by atoms with Crippen LogP contribution in [-0.2, 0) is 12.8 Å². The van der Waals surface area contributed by atoms with Crippen LogP contribution in [0.1, 0.15) is 41.6 Å². The van der Waals surface area contributed by atoms with E-state index >= 15 is 0 Å². The molecule has 24 heavy (non-hydrogen) atoms. The summed E-state index contributed by atoms with van der Waals surface area (Å²) in [4.78, 5) is 16.5. The molecule has 0 spiro atoms. The van der Waals surface area contributed by atoms with Crippen molar-refractivity contribution in [2.24, 2.45) is 5.92 Å². The zero-order valence-electron chi connectivity index (χ0n) is 14.5. The summed E-state index contributed by atoms with van der Waals surface area (Å²) in [6, 6.07) is 4.68. The summed E-state index contributed by atoms with van der Waals surface area (Å²) in [7, 11) is 1.49. The lowest BCUT2D eigenvalue weighted by molar-refractivity contribution is 0.0923. The van der Waals surface area contributed by atoms with Crippen LogP contribution in [0.25, 0.3) is 0 Å². The van der Waals surface area contributed by atoms with Crippen molar-refractivity contribution >= 4 is 5.91 Å². The van der Waals surface area contributed by atoms with Gasteiger partial charge in [-0.3, -0.25) is 4.79 Å². The predicted molar refractivity (Wildman–Crippen MR) is 88.8 cm³/mol. The van der Waals surface area contributed by atoms with Crippen LogP contribution in [0.3, 0.4) is 0 Å². The largest absolute Gasteiger partial charge is 0.497 e. The molecule has 5 nitrogen and oxygen atoms in total. The zero-order valence-corrected chi connectivity index (χ0v) is 14.5. The maximum atomic E-state index is 13.9. The number of aromatic nitrogens is 1. The van der Waals surface area contributed by atoms with Gasteiger partial charge in [0.1, 0.15) is 11.6 Å². The normalized spacial score (nSPS) is 10.9. The molecule has 0 bridgehead atoms. The number of halogens is 1. The number of amides is 1. The number of oxazole rings is 1. The lowest BCUT2D eigenvalue weighted by Crippen LogP contribution is -2.26. The Morgan fingerprint density at radius 3 is 2.79 bits per heavy atom. The first-order valence-electron chi connectivity index (χ1n) is 7.97. The molecule has 1 heterocycles. The van der Waals surface area contributed by atoms with E-state index in [1.165, 1.54) is 13.2 Å². The molecule has 0 aliphatic heterocycles. The molecule has 0 fully saturated rings. The highest BCUT2D eigenvalue weighted by Crippen LogP contribution is 2.17. The molecule has 0 unspecified atom stereocenters. The van der Waals surface area contributed by atoms with Gasteiger partial charge in [0.15, 0.2) is 5.89 Å². The van der Waals surface area contributed by atoms with Crippen molar-refractivity contribution in [2.45, 2.75) is 33.6 Å². The number of methoxy groups -OCH3 is 1. The van der Waals surface area contributed by atoms with Crippen molar-refractivity contribution in [2.75, 3.05) is 13.7 Å². The van der Waals surface area contributed by atoms with Crippen molar-refractivity contribution in [3.05, 3.63) is 46.9 Å². The van der Waals surface area contributed by atoms with Gasteiger partial charge in [-0.15, -0.1) is 0 Å². The first kappa shape index (κ1) is 18.0. The summed E-state index contributed by atoms with van der Waals surface area (Å²) in [5.74, 6) is 0.976. The molecule has 6 heteroatoms. The lowest BCUT2D eigenvalue weighted by atomic mass is 10.1. The summed E-state index contributed by atoms with van der Waals surface area (Å²) in [5.41, 5.74) is 1.09. The summed E-state index contributed by atoms with van der Waals surface area (Å²) in [5, 5.41) is 2.74. The molecule has 0 saturated carbocycles. The van der Waals surface area contributed by atoms with Gasteiger partial charge in [-0.1, -0.05) is 19.9 Å². The summed E-state index contributed by atoms with van der Waals surface area (Å²) >= 11 is 0. The minimum absolute atomic E-state index is 0.223. The second-order valence-electron chi connectivity index (χ2n) is 6.08. The van der Waals surface area contributed by atoms with E-state index in [1.807, 2.05) is 0 Å². The molecule has 1 N–H and O–H groups in total. The average molecular weight is 334 g/mol. The van der Waals surface area contributed by atoms with Crippen molar-refractivity contribution in [1.29, 1.82) is 0 Å². The third kappa shape index (κ3) is 4.57. The second kappa shape index (κ2) is 7.95. The van der Waals surface area contributed by atoms with Gasteiger partial charge in [0.2, 0.25) is 5.76 Å². The van der Waals surface area contributed by atoms with Crippen LogP contribution in [0.5, 0.6) is 5.75 Å². The van der Waals surface area contributed by atoms with Gasteiger partial charge in [-0.25, -0.2) is 9.37 Å². The van der Waals surface area contributed by atoms with Gasteiger partial charge in [0.25, 0.3) is 5.91 Å². The molecule has 0 radical (unpaired) electrons. The number of nitrogens with zero attached hydrogens (tertiary/aromatic N) is 1. The highest BCUT2D eigenvalue weighted by atomic mass is 19.1. The topological polar surface area (TPSA) is 64.4 Å². The number of nitrogens with one attached hydrogen (secondary N) is 1. The number of hydrogen-bond donors (Lipinski definition) is 1. The minimum Gasteiger partial charge on any atom is -0.497 e. The molecular formula is C18H23FN2O3. The van der Waals surface area contributed by atoms with Gasteiger partial charge in [0, 0.05) is 19.0 Å². The molecule has 1 amide bonds. The highest BCUT2D eigenvalue weighted by molar-refractivity contribution is 5.92. The van der Waals surface area contributed by atoms with Gasteiger partial charge in [-0.05, 0) is 30.9 Å². The Bertz CT molecular complexity index is 710. The number of rotatable bonds is 7. The lowest BCUT2D eigenvalue weighted by Gasteiger charge is -2.07. The number of aryl methyl sites for hydroxylation is 1. The monoisotopic (exact) mass is 334 g/mol. The third-order valence-corrected chi connectivity index (χ3v) is 3.57. The van der Waals surface area contributed by atoms with Crippen LogP contribution in [0.4, 0.5) is 4.39 Å². The third-order valence-electron chi connectivity index (χ3n) is 3.57. The van der Waals surface area contributed by atoms with Crippen LogP contribution < -0.4 is 10.1 Å². The quantitative estimate of drug-likeness (QED) is 0.844. The van der Waals surface area contributed by atoms with Gasteiger partial charge in [-0.2, -0.15) is 0 Å². The van der Waals surface area contributed by atoms with E-state index in [1.54, 1.807) is 19.1 Å². The number of carbonyl (C=O) groups excluding carboxylic acids is 1. The van der Waals surface area contributed by atoms with Crippen LogP contribution in [0.2, 0.25) is 0 Å². The maximum Gasteiger partial charge on any atom is 0.289 e. The standard InChI is InChI=1S/C18H23FN2O3/c1-11(2)9-16-21-12(3)17(24-16)18(22)20-8-7-13-5-6-14(23-4)10-15(13)19/h5-6,10-11H,7-9H2,1-4H3,(H,20,22). The van der Waals surface area contributed by atoms with E-state index < -0.39 is 0 Å². The Hall–Kier alpha value is -2.37. The first-order valence-corrected chi connectivity index (χ1v) is 7.97. The van der Waals surface area contributed by atoms with Gasteiger partial charge in [0.05, 0.1) is 12.8 Å². The SMILES string of the molecule is COc1ccc(CCNC(=O)c2oc(CC(C)C)nc2C)c(F)c1. The van der Waals surface area contributed by atoms with E-state index in [9.17, 15) is 9.18 Å². The summed E-state index contributed by atoms with van der Waals surface area (Å²) in [6.45, 7) is 6.17. The second-order valence-corrected chi connectivity index (χ2v) is 6.08. The summed E-state index contributed by atoms with van der Waals surface area (Å²) < 4.78 is 24.3. The molecule has 0 aliphatic carbocycles. The number of ether oxygens (including phenoxy) is 1. The number of hydrogen-bond acceptors (Lipinski definition) is 4. The predicted octanol–water partition coefficient (Wildman–Crippen LogP) is 3.30. The van der Waals surface area contributed by atoms with Crippen molar-refractivity contribution in [1.82, 2.24) is 10.3 Å². The average Bonchev–Trinajstić information content (AvgIpc) is 2.88. The Kier molecular flexibility index (Phi) is 5.95. The Morgan fingerprint density at radius 1 is 1.42 bits per heavy atom. The zero-order chi connectivity index (χ0) is 17.7. The Morgan fingerprint density at radius 2 is 2.17 bits per heavy atom. The van der Waals surface area contributed by atoms with Crippen LogP contribution in [-0.4, -0.2) is 24.5 Å². The van der Waals surface area contributed by atoms with E-state index in [0.29, 0.717) is 48.2 Å². The maximum absolute atomic E-state index is 13.9. The van der Waals surface area contributed by atoms with Crippen LogP contribution >= 0.6 is 0 Å². The molecular weight excluding hydrogens is 311 g/mol. The Labute approximate surface area is 141 Å². The molecule has 2 aromatic rings. The summed E-state index contributed by atoms with van der Waals surface area (Å²) in [6.07, 6.45) is 1.07. The molecule has 1 aromatic heterocycles. The van der Waals surface area contributed by atoms with Crippen LogP contribution in [0, 0.1) is 18.7 Å². The van der Waals surface area contributed by atoms with Crippen molar-refractivity contribution < 1.29 is 18.3 Å². The number of carbonyl (C=O) groups is 1. The molecule has 2 rings (SSSR count). The van der Waals surface area contributed by atoms with E-state index in [0.717, 1.165) is 0 Å². The van der Waals surface area contributed by atoms with E-state index in [4.69, 9.17) is 9.15 Å². The molecule has 0 atom stereocenters. The fraction of sp³-hybridized carbons (Fsp3) is 0.444. The molecule has 130 valence electrons.